The van der Waals surface area contributed by atoms with Gasteiger partial charge >= 0.3 is 0 Å². The van der Waals surface area contributed by atoms with Gasteiger partial charge < -0.3 is 9.84 Å². The molecule has 2 aliphatic carbocycles. The van der Waals surface area contributed by atoms with Crippen LogP contribution in [0.3, 0.4) is 0 Å². The normalized spacial score (nSPS) is 29.0. The Morgan fingerprint density at radius 3 is 2.31 bits per heavy atom. The maximum atomic E-state index is 14.5. The average molecular weight is 650 g/mol. The van der Waals surface area contributed by atoms with Crippen LogP contribution in [0.1, 0.15) is 31.2 Å². The van der Waals surface area contributed by atoms with Crippen LogP contribution in [0.5, 0.6) is 11.5 Å². The minimum atomic E-state index is -1.43. The van der Waals surface area contributed by atoms with E-state index in [4.69, 9.17) is 27.9 Å². The fourth-order valence-electron chi connectivity index (χ4n) is 8.04. The number of phenols is 1. The van der Waals surface area contributed by atoms with Crippen molar-refractivity contribution in [2.24, 2.45) is 29.1 Å². The van der Waals surface area contributed by atoms with Gasteiger partial charge in [0.05, 0.1) is 46.7 Å². The van der Waals surface area contributed by atoms with Gasteiger partial charge in [0.1, 0.15) is 17.3 Å². The largest absolute Gasteiger partial charge is 0.508 e. The first-order chi connectivity index (χ1) is 21.5. The minimum absolute atomic E-state index is 0.111. The van der Waals surface area contributed by atoms with Crippen LogP contribution in [0.2, 0.25) is 10.0 Å². The number of carbonyl (C=O) groups is 4. The molecule has 2 aliphatic heterocycles. The number of hydrogen-bond acceptors (Lipinski definition) is 6. The molecule has 0 spiro atoms. The molecule has 7 rings (SSSR count). The Morgan fingerprint density at radius 1 is 0.911 bits per heavy atom. The number of ether oxygens (including phenoxy) is 1. The average Bonchev–Trinajstić information content (AvgIpc) is 3.39. The lowest BCUT2D eigenvalue weighted by molar-refractivity contribution is -0.131. The van der Waals surface area contributed by atoms with E-state index in [-0.39, 0.29) is 35.2 Å². The van der Waals surface area contributed by atoms with Gasteiger partial charge in [-0.2, -0.15) is 0 Å². The Bertz CT molecular complexity index is 1840. The second-order valence-electron chi connectivity index (χ2n) is 12.1. The van der Waals surface area contributed by atoms with Crippen LogP contribution < -0.4 is 14.5 Å². The highest BCUT2D eigenvalue weighted by Gasteiger charge is 2.68. The molecule has 8 nitrogen and oxygen atoms in total. The van der Waals surface area contributed by atoms with Gasteiger partial charge in [-0.25, -0.2) is 9.29 Å². The van der Waals surface area contributed by atoms with Crippen molar-refractivity contribution in [3.8, 4) is 11.5 Å². The van der Waals surface area contributed by atoms with Gasteiger partial charge in [0, 0.05) is 16.5 Å². The summed E-state index contributed by atoms with van der Waals surface area (Å²) in [5, 5.41) is 11.5. The topological polar surface area (TPSA) is 104 Å². The van der Waals surface area contributed by atoms with E-state index in [1.54, 1.807) is 43.3 Å². The van der Waals surface area contributed by atoms with E-state index in [0.29, 0.717) is 27.6 Å². The molecule has 0 radical (unpaired) electrons. The number of amides is 4. The van der Waals surface area contributed by atoms with Crippen LogP contribution in [0.15, 0.2) is 72.3 Å². The first-order valence-corrected chi connectivity index (χ1v) is 15.3. The lowest BCUT2D eigenvalue weighted by Crippen LogP contribution is -2.49. The fraction of sp³-hybridized carbons (Fsp3) is 0.294. The summed E-state index contributed by atoms with van der Waals surface area (Å²) in [6.07, 6.45) is 2.23. The van der Waals surface area contributed by atoms with Gasteiger partial charge in [0.25, 0.3) is 0 Å². The number of methoxy groups -OCH3 is 1. The molecule has 1 saturated carbocycles. The third kappa shape index (κ3) is 4.10. The third-order valence-corrected chi connectivity index (χ3v) is 10.6. The van der Waals surface area contributed by atoms with Crippen LogP contribution in [0.4, 0.5) is 15.8 Å². The van der Waals surface area contributed by atoms with Crippen LogP contribution >= 0.6 is 23.2 Å². The van der Waals surface area contributed by atoms with E-state index in [1.165, 1.54) is 30.2 Å². The smallest absolute Gasteiger partial charge is 0.241 e. The van der Waals surface area contributed by atoms with Crippen molar-refractivity contribution in [1.82, 2.24) is 0 Å². The Morgan fingerprint density at radius 2 is 1.62 bits per heavy atom. The molecule has 3 aromatic carbocycles. The van der Waals surface area contributed by atoms with Crippen molar-refractivity contribution in [2.75, 3.05) is 16.9 Å². The number of aromatic hydroxyl groups is 1. The number of hydrogen-bond donors (Lipinski definition) is 1. The molecular formula is C34H27Cl2FN2O6. The Balaban J connectivity index is 1.40. The molecule has 230 valence electrons. The summed E-state index contributed by atoms with van der Waals surface area (Å²) in [5.74, 6) is -6.24. The highest BCUT2D eigenvalue weighted by atomic mass is 35.5. The standard InChI is InChI=1S/C34H27Cl2FN2O6/c1-34-22(31(42)39(33(34)44)18-10-13-24(37)23(36)14-18)15-21-19(29(34)28-25(40)4-3-5-26(28)45-2)11-12-20-27(21)32(43)38(30(20)41)17-8-6-16(35)7-9-17/h3-11,13-14,20-22,27,29,40H,12,15H2,1-2H3/t20-,21+,22-,27-,29+,34+/m0/s1. The molecule has 0 bridgehead atoms. The molecule has 4 aliphatic rings. The summed E-state index contributed by atoms with van der Waals surface area (Å²) >= 11 is 12.1. The van der Waals surface area contributed by atoms with E-state index in [1.807, 2.05) is 6.08 Å². The number of carbonyl (C=O) groups excluding carboxylic acids is 4. The number of benzene rings is 3. The first kappa shape index (κ1) is 29.5. The second-order valence-corrected chi connectivity index (χ2v) is 13.0. The van der Waals surface area contributed by atoms with Crippen molar-refractivity contribution >= 4 is 58.2 Å². The van der Waals surface area contributed by atoms with Crippen molar-refractivity contribution in [3.05, 3.63) is 93.7 Å². The van der Waals surface area contributed by atoms with E-state index in [0.717, 1.165) is 11.0 Å². The summed E-state index contributed by atoms with van der Waals surface area (Å²) in [7, 11) is 1.45. The van der Waals surface area contributed by atoms with Crippen molar-refractivity contribution in [1.29, 1.82) is 0 Å². The van der Waals surface area contributed by atoms with Crippen molar-refractivity contribution in [3.63, 3.8) is 0 Å². The molecule has 1 N–H and O–H groups in total. The zero-order valence-electron chi connectivity index (χ0n) is 24.2. The third-order valence-electron chi connectivity index (χ3n) is 10.1. The van der Waals surface area contributed by atoms with Crippen LogP contribution in [-0.2, 0) is 19.2 Å². The van der Waals surface area contributed by atoms with Crippen LogP contribution in [0.25, 0.3) is 0 Å². The number of imide groups is 2. The van der Waals surface area contributed by atoms with Gasteiger partial charge in [-0.3, -0.25) is 24.1 Å². The number of halogens is 3. The first-order valence-electron chi connectivity index (χ1n) is 14.5. The predicted octanol–water partition coefficient (Wildman–Crippen LogP) is 6.28. The molecule has 45 heavy (non-hydrogen) atoms. The Kier molecular flexibility index (Phi) is 6.83. The highest BCUT2D eigenvalue weighted by molar-refractivity contribution is 6.32. The molecule has 2 heterocycles. The van der Waals surface area contributed by atoms with Gasteiger partial charge in [-0.05, 0) is 80.3 Å². The molecule has 0 unspecified atom stereocenters. The minimum Gasteiger partial charge on any atom is -0.508 e. The molecule has 6 atom stereocenters. The number of allylic oxidation sites excluding steroid dienone is 2. The lowest BCUT2D eigenvalue weighted by atomic mass is 9.51. The van der Waals surface area contributed by atoms with Crippen LogP contribution in [-0.4, -0.2) is 35.8 Å². The summed E-state index contributed by atoms with van der Waals surface area (Å²) < 4.78 is 19.8. The molecular weight excluding hydrogens is 622 g/mol. The molecule has 11 heteroatoms. The summed E-state index contributed by atoms with van der Waals surface area (Å²) in [6, 6.07) is 14.8. The zero-order chi connectivity index (χ0) is 31.9. The van der Waals surface area contributed by atoms with Gasteiger partial charge in [-0.1, -0.05) is 40.9 Å². The van der Waals surface area contributed by atoms with Gasteiger partial charge in [0.2, 0.25) is 23.6 Å². The maximum absolute atomic E-state index is 14.5. The highest BCUT2D eigenvalue weighted by Crippen LogP contribution is 2.65. The van der Waals surface area contributed by atoms with E-state index >= 15 is 0 Å². The van der Waals surface area contributed by atoms with E-state index < -0.39 is 58.5 Å². The quantitative estimate of drug-likeness (QED) is 0.264. The van der Waals surface area contributed by atoms with Crippen molar-refractivity contribution in [2.45, 2.75) is 25.7 Å². The number of fused-ring (bicyclic) bond motifs is 4. The van der Waals surface area contributed by atoms with Crippen molar-refractivity contribution < 1.29 is 33.4 Å². The van der Waals surface area contributed by atoms with E-state index in [9.17, 15) is 28.7 Å². The van der Waals surface area contributed by atoms with Gasteiger partial charge in [0.15, 0.2) is 0 Å². The maximum Gasteiger partial charge on any atom is 0.241 e. The number of anilines is 2. The lowest BCUT2D eigenvalue weighted by Gasteiger charge is -2.49. The molecule has 0 aromatic heterocycles. The molecule has 3 fully saturated rings. The van der Waals surface area contributed by atoms with Gasteiger partial charge in [-0.15, -0.1) is 0 Å². The monoisotopic (exact) mass is 648 g/mol. The van der Waals surface area contributed by atoms with E-state index in [2.05, 4.69) is 0 Å². The Hall–Kier alpha value is -4.21. The Labute approximate surface area is 268 Å². The summed E-state index contributed by atoms with van der Waals surface area (Å²) in [6.45, 7) is 1.68. The summed E-state index contributed by atoms with van der Waals surface area (Å²) in [4.78, 5) is 58.9. The number of rotatable bonds is 4. The molecule has 4 amide bonds. The molecule has 2 saturated heterocycles. The number of phenolic OH excluding ortho intramolecular Hbond substituents is 1. The molecule has 3 aromatic rings. The fourth-order valence-corrected chi connectivity index (χ4v) is 8.34. The SMILES string of the molecule is COc1cccc(O)c1[C@H]1C2=CC[C@@H]3C(=O)N(c4ccc(Cl)cc4)C(=O)[C@@H]3[C@@H]2C[C@H]2C(=O)N(c3ccc(F)c(Cl)c3)C(=O)[C@@]12C. The predicted molar refractivity (Wildman–Crippen MR) is 165 cm³/mol. The van der Waals surface area contributed by atoms with Crippen LogP contribution in [0, 0.1) is 34.9 Å². The summed E-state index contributed by atoms with van der Waals surface area (Å²) in [5.41, 5.74) is 0.0884. The number of nitrogens with zero attached hydrogens (tertiary/aromatic N) is 2. The second kappa shape index (κ2) is 10.4. The zero-order valence-corrected chi connectivity index (χ0v) is 25.7.